The Labute approximate surface area is 181 Å². The second-order valence-electron chi connectivity index (χ2n) is 6.60. The molecule has 0 radical (unpaired) electrons. The molecule has 1 rings (SSSR count). The zero-order valence-electron chi connectivity index (χ0n) is 18.1. The largest absolute Gasteiger partial charge is 0.493 e. The van der Waals surface area contributed by atoms with Crippen molar-refractivity contribution in [3.8, 4) is 11.5 Å². The minimum absolute atomic E-state index is 0.227. The van der Waals surface area contributed by atoms with E-state index in [1.54, 1.807) is 18.2 Å². The molecule has 0 amide bonds. The number of carboxylic acids is 2. The van der Waals surface area contributed by atoms with Gasteiger partial charge in [-0.1, -0.05) is 44.7 Å². The molecule has 0 fully saturated rings. The first-order valence-corrected chi connectivity index (χ1v) is 9.90. The smallest absolute Gasteiger partial charge is 0.328 e. The van der Waals surface area contributed by atoms with Gasteiger partial charge in [-0.15, -0.1) is 0 Å². The summed E-state index contributed by atoms with van der Waals surface area (Å²) in [5.41, 5.74) is 0.666. The highest BCUT2D eigenvalue weighted by Gasteiger charge is 2.30. The van der Waals surface area contributed by atoms with E-state index in [4.69, 9.17) is 29.9 Å². The summed E-state index contributed by atoms with van der Waals surface area (Å²) in [5, 5.41) is 35.0. The van der Waals surface area contributed by atoms with Gasteiger partial charge < -0.3 is 29.9 Å². The number of Topliss-reactive ketones (excluding diaryl/α,β-unsaturated/α-hetero) is 1. The van der Waals surface area contributed by atoms with Crippen LogP contribution in [-0.2, 0) is 14.4 Å². The van der Waals surface area contributed by atoms with E-state index in [1.807, 2.05) is 6.92 Å². The molecule has 9 nitrogen and oxygen atoms in total. The van der Waals surface area contributed by atoms with Crippen molar-refractivity contribution in [2.24, 2.45) is 5.92 Å². The van der Waals surface area contributed by atoms with Crippen LogP contribution in [0.2, 0.25) is 0 Å². The first kappa shape index (κ1) is 28.1. The molecule has 0 aliphatic heterocycles. The van der Waals surface area contributed by atoms with Gasteiger partial charge in [0.2, 0.25) is 0 Å². The Bertz CT molecular complexity index is 728. The van der Waals surface area contributed by atoms with Crippen LogP contribution in [-0.4, -0.2) is 65.1 Å². The summed E-state index contributed by atoms with van der Waals surface area (Å²) < 4.78 is 10.2. The van der Waals surface area contributed by atoms with Gasteiger partial charge in [-0.3, -0.25) is 9.59 Å². The van der Waals surface area contributed by atoms with Crippen molar-refractivity contribution >= 4 is 23.8 Å². The van der Waals surface area contributed by atoms with Crippen LogP contribution in [0.4, 0.5) is 0 Å². The van der Waals surface area contributed by atoms with E-state index in [0.29, 0.717) is 23.5 Å². The molecule has 2 atom stereocenters. The quantitative estimate of drug-likeness (QED) is 0.206. The van der Waals surface area contributed by atoms with Crippen LogP contribution < -0.4 is 9.47 Å². The molecule has 0 heterocycles. The molecule has 0 bridgehead atoms. The van der Waals surface area contributed by atoms with E-state index in [1.165, 1.54) is 20.3 Å². The van der Waals surface area contributed by atoms with Gasteiger partial charge in [-0.25, -0.2) is 4.79 Å². The topological polar surface area (TPSA) is 151 Å². The average molecular weight is 440 g/mol. The Hall–Kier alpha value is -2.91. The molecule has 1 aromatic carbocycles. The number of aliphatic carboxylic acids is 2. The minimum Gasteiger partial charge on any atom is -0.493 e. The maximum Gasteiger partial charge on any atom is 0.328 e. The number of ketones is 1. The molecule has 0 aromatic heterocycles. The van der Waals surface area contributed by atoms with Crippen LogP contribution in [0.5, 0.6) is 11.5 Å². The van der Waals surface area contributed by atoms with Crippen LogP contribution in [0, 0.1) is 5.92 Å². The number of carbonyl (C=O) groups is 3. The van der Waals surface area contributed by atoms with Gasteiger partial charge in [0.05, 0.1) is 20.8 Å². The Kier molecular flexibility index (Phi) is 14.4. The van der Waals surface area contributed by atoms with E-state index >= 15 is 0 Å². The van der Waals surface area contributed by atoms with Crippen molar-refractivity contribution < 1.29 is 44.3 Å². The van der Waals surface area contributed by atoms with Gasteiger partial charge in [0.15, 0.2) is 17.3 Å². The molecule has 1 aromatic rings. The third kappa shape index (κ3) is 10.6. The number of benzene rings is 1. The van der Waals surface area contributed by atoms with E-state index in [-0.39, 0.29) is 6.42 Å². The second kappa shape index (κ2) is 15.9. The molecule has 0 saturated carbocycles. The van der Waals surface area contributed by atoms with Crippen molar-refractivity contribution in [1.82, 2.24) is 0 Å². The summed E-state index contributed by atoms with van der Waals surface area (Å²) in [6.45, 7) is 1.31. The summed E-state index contributed by atoms with van der Waals surface area (Å²) in [7, 11) is 3.04. The minimum atomic E-state index is -1.58. The number of aliphatic hydroxyl groups is 2. The lowest BCUT2D eigenvalue weighted by molar-refractivity contribution is -0.150. The third-order valence-corrected chi connectivity index (χ3v) is 4.33. The van der Waals surface area contributed by atoms with Crippen molar-refractivity contribution in [3.05, 3.63) is 29.8 Å². The second-order valence-corrected chi connectivity index (χ2v) is 6.60. The van der Waals surface area contributed by atoms with E-state index in [0.717, 1.165) is 25.3 Å². The molecular weight excluding hydrogens is 408 g/mol. The molecular formula is C22H32O9. The van der Waals surface area contributed by atoms with Crippen molar-refractivity contribution in [2.45, 2.75) is 45.1 Å². The zero-order valence-corrected chi connectivity index (χ0v) is 18.1. The summed E-state index contributed by atoms with van der Waals surface area (Å²) in [5.74, 6) is -3.12. The number of rotatable bonds is 13. The molecule has 0 aliphatic carbocycles. The molecule has 0 aliphatic rings. The number of hydrogen-bond acceptors (Lipinski definition) is 7. The molecule has 2 unspecified atom stereocenters. The Morgan fingerprint density at radius 2 is 1.74 bits per heavy atom. The summed E-state index contributed by atoms with van der Waals surface area (Å²) in [6.07, 6.45) is 4.73. The number of carbonyl (C=O) groups excluding carboxylic acids is 1. The maximum absolute atomic E-state index is 11.4. The van der Waals surface area contributed by atoms with Crippen LogP contribution in [0.3, 0.4) is 0 Å². The molecule has 0 saturated heterocycles. The van der Waals surface area contributed by atoms with E-state index in [9.17, 15) is 14.4 Å². The van der Waals surface area contributed by atoms with Gasteiger partial charge in [-0.2, -0.15) is 0 Å². The lowest BCUT2D eigenvalue weighted by Gasteiger charge is -2.13. The first-order valence-electron chi connectivity index (χ1n) is 9.90. The number of aliphatic hydroxyl groups excluding tert-OH is 2. The number of ether oxygens (including phenoxy) is 2. The van der Waals surface area contributed by atoms with Gasteiger partial charge in [0.25, 0.3) is 0 Å². The first-order chi connectivity index (χ1) is 14.7. The highest BCUT2D eigenvalue weighted by atomic mass is 16.5. The molecule has 31 heavy (non-hydrogen) atoms. The van der Waals surface area contributed by atoms with Gasteiger partial charge in [0, 0.05) is 11.6 Å². The molecule has 9 heteroatoms. The normalized spacial score (nSPS) is 12.4. The highest BCUT2D eigenvalue weighted by Crippen LogP contribution is 2.31. The fourth-order valence-electron chi connectivity index (χ4n) is 2.69. The number of methoxy groups -OCH3 is 2. The predicted octanol–water partition coefficient (Wildman–Crippen LogP) is 2.38. The van der Waals surface area contributed by atoms with Gasteiger partial charge in [0.1, 0.15) is 12.0 Å². The van der Waals surface area contributed by atoms with Crippen molar-refractivity contribution in [1.29, 1.82) is 0 Å². The van der Waals surface area contributed by atoms with Gasteiger partial charge in [-0.05, 0) is 18.6 Å². The third-order valence-electron chi connectivity index (χ3n) is 4.33. The van der Waals surface area contributed by atoms with Crippen LogP contribution >= 0.6 is 0 Å². The highest BCUT2D eigenvalue weighted by molar-refractivity contribution is 6.00. The predicted molar refractivity (Wildman–Crippen MR) is 114 cm³/mol. The average Bonchev–Trinajstić information content (AvgIpc) is 2.76. The molecule has 4 N–H and O–H groups in total. The lowest BCUT2D eigenvalue weighted by Crippen LogP contribution is -2.35. The Balaban J connectivity index is 0.000000581. The van der Waals surface area contributed by atoms with Crippen molar-refractivity contribution in [2.75, 3.05) is 20.8 Å². The zero-order chi connectivity index (χ0) is 23.8. The fraction of sp³-hybridized carbons (Fsp3) is 0.500. The number of carboxylic acid groups (broad SMARTS) is 2. The number of hydrogen-bond donors (Lipinski definition) is 4. The van der Waals surface area contributed by atoms with Crippen LogP contribution in [0.15, 0.2) is 24.3 Å². The summed E-state index contributed by atoms with van der Waals surface area (Å²) >= 11 is 0. The van der Waals surface area contributed by atoms with Gasteiger partial charge >= 0.3 is 11.9 Å². The Morgan fingerprint density at radius 1 is 1.06 bits per heavy atom. The summed E-state index contributed by atoms with van der Waals surface area (Å²) in [4.78, 5) is 32.6. The van der Waals surface area contributed by atoms with Crippen LogP contribution in [0.1, 0.15) is 44.6 Å². The Morgan fingerprint density at radius 3 is 2.23 bits per heavy atom. The maximum atomic E-state index is 11.4. The van der Waals surface area contributed by atoms with Crippen molar-refractivity contribution in [3.63, 3.8) is 0 Å². The standard InChI is InChI=1S/C11H20O5.C11H12O4/c1-2-3-4-5-6-8(11(15)16)10(14)9(13)7-12;1-14-9-5-3-4-8(11(9)15-2)6-7-10(12)13/h8-9,12-13H,2-7H2,1H3,(H,15,16);3-7H,1-2H3,(H,12,13)/b;7-6+. The van der Waals surface area contributed by atoms with E-state index < -0.39 is 36.4 Å². The SMILES string of the molecule is CCCCCCC(C(=O)O)C(=O)C(O)CO.COc1cccc(/C=C/C(=O)O)c1OC. The fourth-order valence-corrected chi connectivity index (χ4v) is 2.69. The monoisotopic (exact) mass is 440 g/mol. The van der Waals surface area contributed by atoms with E-state index in [2.05, 4.69) is 0 Å². The number of para-hydroxylation sites is 1. The molecule has 0 spiro atoms. The number of unbranched alkanes of at least 4 members (excludes halogenated alkanes) is 3. The summed E-state index contributed by atoms with van der Waals surface area (Å²) in [6, 6.07) is 5.26. The lowest BCUT2D eigenvalue weighted by atomic mass is 9.94. The van der Waals surface area contributed by atoms with Crippen LogP contribution in [0.25, 0.3) is 6.08 Å². The molecule has 174 valence electrons.